The minimum Gasteiger partial charge on any atom is -0.412 e. The Morgan fingerprint density at radius 1 is 1.00 bits per heavy atom. The predicted molar refractivity (Wildman–Crippen MR) is 20.5 cm³/mol. The average Bonchev–Trinajstić information content (AvgIpc) is 0. The summed E-state index contributed by atoms with van der Waals surface area (Å²) < 4.78 is 0. The van der Waals surface area contributed by atoms with Crippen molar-refractivity contribution in [2.75, 3.05) is 0 Å². The number of hydrogen-bond donors (Lipinski definition) is 0. The summed E-state index contributed by atoms with van der Waals surface area (Å²) in [5.41, 5.74) is 0. The van der Waals surface area contributed by atoms with E-state index in [0.29, 0.717) is 0 Å². The second-order valence-corrected chi connectivity index (χ2v) is 0. The molecule has 1 atom stereocenters. The molecule has 2 N–H and O–H groups in total. The Morgan fingerprint density at radius 2 is 1.00 bits per heavy atom. The van der Waals surface area contributed by atoms with Crippen LogP contribution in [0, 0.1) is 0 Å². The third-order valence-corrected chi connectivity index (χ3v) is 0. The van der Waals surface area contributed by atoms with Gasteiger partial charge in [-0.3, -0.25) is 0 Å². The summed E-state index contributed by atoms with van der Waals surface area (Å²) in [6.07, 6.45) is 0. The van der Waals surface area contributed by atoms with E-state index >= 15 is 0 Å². The van der Waals surface area contributed by atoms with Gasteiger partial charge in [-0.15, -0.1) is 0 Å². The molecule has 4 heteroatoms. The van der Waals surface area contributed by atoms with Gasteiger partial charge < -0.3 is 5.48 Å². The van der Waals surface area contributed by atoms with Gasteiger partial charge in [-0.05, 0) is 0 Å². The molecule has 0 aliphatic rings. The van der Waals surface area contributed by atoms with E-state index in [2.05, 4.69) is 0 Å². The number of rotatable bonds is 0. The SMILES string of the molecule is O.P.[Na].[W]. The van der Waals surface area contributed by atoms with Crippen molar-refractivity contribution < 1.29 is 26.5 Å². The van der Waals surface area contributed by atoms with Crippen molar-refractivity contribution in [3.63, 3.8) is 0 Å². The number of hydrogen-bond acceptors (Lipinski definition) is 0. The molecule has 0 saturated heterocycles. The van der Waals surface area contributed by atoms with E-state index in [4.69, 9.17) is 0 Å². The second kappa shape index (κ2) is 19.6. The van der Waals surface area contributed by atoms with Crippen LogP contribution in [0.2, 0.25) is 0 Å². The molecule has 0 aliphatic heterocycles. The van der Waals surface area contributed by atoms with Crippen molar-refractivity contribution in [2.45, 2.75) is 0 Å². The molecule has 0 amide bonds. The summed E-state index contributed by atoms with van der Waals surface area (Å²) in [7, 11) is 0. The van der Waals surface area contributed by atoms with Gasteiger partial charge in [-0.25, -0.2) is 0 Å². The minimum absolute atomic E-state index is 0. The first-order chi connectivity index (χ1) is 0. The molecular weight excluding hydrogens is 254 g/mol. The van der Waals surface area contributed by atoms with Gasteiger partial charge in [0.25, 0.3) is 0 Å². The molecule has 0 fully saturated rings. The van der Waals surface area contributed by atoms with Gasteiger partial charge in [0.1, 0.15) is 0 Å². The molecule has 0 aliphatic carbocycles. The molecule has 4 heavy (non-hydrogen) atoms. The first-order valence-corrected chi connectivity index (χ1v) is 0. The van der Waals surface area contributed by atoms with Gasteiger partial charge >= 0.3 is 0 Å². The van der Waals surface area contributed by atoms with Crippen molar-refractivity contribution in [3.8, 4) is 0 Å². The van der Waals surface area contributed by atoms with Crippen molar-refractivity contribution in [1.29, 1.82) is 0 Å². The predicted octanol–water partition coefficient (Wildman–Crippen LogP) is -1.15. The van der Waals surface area contributed by atoms with E-state index in [-0.39, 0.29) is 66.0 Å². The fourth-order valence-electron chi connectivity index (χ4n) is 0. The van der Waals surface area contributed by atoms with Crippen molar-refractivity contribution in [3.05, 3.63) is 0 Å². The molecule has 0 saturated carbocycles. The Bertz CT molecular complexity index is 8.00. The molecule has 1 nitrogen and oxygen atoms in total. The smallest absolute Gasteiger partial charge is 0 e. The monoisotopic (exact) mass is 259 g/mol. The summed E-state index contributed by atoms with van der Waals surface area (Å²) in [4.78, 5) is 0. The van der Waals surface area contributed by atoms with Crippen LogP contribution in [0.4, 0.5) is 0 Å². The Morgan fingerprint density at radius 3 is 1.00 bits per heavy atom. The Balaban J connectivity index is 0. The molecule has 0 bridgehead atoms. The van der Waals surface area contributed by atoms with Crippen molar-refractivity contribution in [2.24, 2.45) is 0 Å². The maximum Gasteiger partial charge on any atom is 0 e. The molecule has 0 spiro atoms. The molecule has 1 radical (unpaired) electrons. The van der Waals surface area contributed by atoms with E-state index in [9.17, 15) is 0 Å². The summed E-state index contributed by atoms with van der Waals surface area (Å²) in [5.74, 6) is 0. The zero-order valence-corrected chi connectivity index (χ0v) is 8.96. The van der Waals surface area contributed by atoms with E-state index in [0.717, 1.165) is 0 Å². The first-order valence-electron chi connectivity index (χ1n) is 0. The minimum atomic E-state index is 0. The first kappa shape index (κ1) is 36.3. The van der Waals surface area contributed by atoms with E-state index in [1.807, 2.05) is 0 Å². The van der Waals surface area contributed by atoms with Crippen LogP contribution in [0.5, 0.6) is 0 Å². The zero-order valence-electron chi connectivity index (χ0n) is 2.62. The fourth-order valence-corrected chi connectivity index (χ4v) is 0. The van der Waals surface area contributed by atoms with Gasteiger partial charge in [-0.1, -0.05) is 0 Å². The van der Waals surface area contributed by atoms with Crippen LogP contribution >= 0.6 is 9.90 Å². The van der Waals surface area contributed by atoms with E-state index in [1.165, 1.54) is 0 Å². The van der Waals surface area contributed by atoms with Crippen molar-refractivity contribution in [1.82, 2.24) is 0 Å². The van der Waals surface area contributed by atoms with Crippen LogP contribution in [-0.2, 0) is 21.1 Å². The van der Waals surface area contributed by atoms with Crippen molar-refractivity contribution >= 4 is 39.5 Å². The molecule has 23 valence electrons. The van der Waals surface area contributed by atoms with Gasteiger partial charge in [0, 0.05) is 50.6 Å². The Kier molecular flexibility index (Phi) is 177. The summed E-state index contributed by atoms with van der Waals surface area (Å²) in [6, 6.07) is 0. The Labute approximate surface area is 65.4 Å². The van der Waals surface area contributed by atoms with Gasteiger partial charge in [0.2, 0.25) is 0 Å². The maximum atomic E-state index is 0. The average molecular weight is 259 g/mol. The third kappa shape index (κ3) is 8.95. The van der Waals surface area contributed by atoms with Crippen LogP contribution in [0.1, 0.15) is 0 Å². The summed E-state index contributed by atoms with van der Waals surface area (Å²) in [5, 5.41) is 0. The standard InChI is InChI=1S/Na.H2O.H3P.W/h;1H2;1H3;. The van der Waals surface area contributed by atoms with Gasteiger partial charge in [0.05, 0.1) is 0 Å². The third-order valence-electron chi connectivity index (χ3n) is 0. The van der Waals surface area contributed by atoms with Crippen LogP contribution in [-0.4, -0.2) is 35.0 Å². The molecule has 0 aromatic rings. The molecular formula is H5NaOPW. The van der Waals surface area contributed by atoms with E-state index in [1.54, 1.807) is 0 Å². The normalized spacial score (nSPS) is 0. The summed E-state index contributed by atoms with van der Waals surface area (Å²) >= 11 is 0. The Hall–Kier alpha value is 2.08. The molecule has 0 rings (SSSR count). The fraction of sp³-hybridized carbons (Fsp3) is 0. The van der Waals surface area contributed by atoms with Gasteiger partial charge in [-0.2, -0.15) is 9.90 Å². The zero-order chi connectivity index (χ0) is 0. The molecule has 1 unspecified atom stereocenters. The van der Waals surface area contributed by atoms with Crippen LogP contribution < -0.4 is 0 Å². The summed E-state index contributed by atoms with van der Waals surface area (Å²) in [6.45, 7) is 0. The quantitative estimate of drug-likeness (QED) is 0.388. The van der Waals surface area contributed by atoms with Gasteiger partial charge in [0.15, 0.2) is 0 Å². The molecule has 0 aromatic carbocycles. The van der Waals surface area contributed by atoms with Crippen LogP contribution in [0.15, 0.2) is 0 Å². The largest absolute Gasteiger partial charge is 0.412 e. The maximum absolute atomic E-state index is 0. The topological polar surface area (TPSA) is 31.5 Å². The molecule has 0 aromatic heterocycles. The molecule has 0 heterocycles. The second-order valence-electron chi connectivity index (χ2n) is 0. The van der Waals surface area contributed by atoms with Crippen LogP contribution in [0.3, 0.4) is 0 Å². The van der Waals surface area contributed by atoms with E-state index < -0.39 is 0 Å². The van der Waals surface area contributed by atoms with Crippen LogP contribution in [0.25, 0.3) is 0 Å².